The van der Waals surface area contributed by atoms with E-state index in [1.165, 1.54) is 12.1 Å². The lowest BCUT2D eigenvalue weighted by Gasteiger charge is -2.36. The highest BCUT2D eigenvalue weighted by molar-refractivity contribution is 6.01. The third-order valence-corrected chi connectivity index (χ3v) is 10.6. The lowest BCUT2D eigenvalue weighted by Crippen LogP contribution is -2.57. The van der Waals surface area contributed by atoms with Gasteiger partial charge in [0.25, 0.3) is 0 Å². The number of unbranched alkanes of at least 4 members (excludes halogenated alkanes) is 3. The Bertz CT molecular complexity index is 2090. The van der Waals surface area contributed by atoms with Crippen molar-refractivity contribution in [3.63, 3.8) is 0 Å². The molecule has 0 aromatic heterocycles. The molecule has 322 valence electrons. The van der Waals surface area contributed by atoms with Crippen molar-refractivity contribution in [1.82, 2.24) is 15.5 Å². The molecule has 0 heterocycles. The van der Waals surface area contributed by atoms with E-state index in [4.69, 9.17) is 28.7 Å². The summed E-state index contributed by atoms with van der Waals surface area (Å²) in [4.78, 5) is 52.9. The van der Waals surface area contributed by atoms with Crippen LogP contribution in [0.1, 0.15) is 79.3 Å². The maximum absolute atomic E-state index is 14.6. The molecule has 4 aromatic rings. The van der Waals surface area contributed by atoms with Gasteiger partial charge in [0.05, 0.1) is 12.1 Å². The Kier molecular flexibility index (Phi) is 17.7. The largest absolute Gasteiger partial charge is 0.508 e. The van der Waals surface area contributed by atoms with Crippen molar-refractivity contribution in [2.75, 3.05) is 19.6 Å². The number of fused-ring (bicyclic) bond motifs is 1. The minimum absolute atomic E-state index is 0.0188. The monoisotopic (exact) mass is 822 g/mol. The summed E-state index contributed by atoms with van der Waals surface area (Å²) in [5, 5.41) is 27.8. The Morgan fingerprint density at radius 3 is 1.97 bits per heavy atom. The molecule has 0 fully saturated rings. The molecule has 0 spiro atoms. The Balaban J connectivity index is 1.65. The third-order valence-electron chi connectivity index (χ3n) is 10.6. The summed E-state index contributed by atoms with van der Waals surface area (Å²) in [6.07, 6.45) is 4.22. The van der Waals surface area contributed by atoms with Crippen molar-refractivity contribution >= 4 is 40.4 Å². The van der Waals surface area contributed by atoms with Gasteiger partial charge in [-0.1, -0.05) is 73.5 Å². The molecule has 15 heteroatoms. The summed E-state index contributed by atoms with van der Waals surface area (Å²) in [6, 6.07) is 20.8. The molecule has 0 saturated heterocycles. The fraction of sp³-hybridized carbons (Fsp3) is 0.400. The first-order valence-corrected chi connectivity index (χ1v) is 20.5. The van der Waals surface area contributed by atoms with Gasteiger partial charge in [0.15, 0.2) is 11.9 Å². The van der Waals surface area contributed by atoms with Gasteiger partial charge in [-0.15, -0.1) is 0 Å². The van der Waals surface area contributed by atoms with E-state index >= 15 is 0 Å². The minimum Gasteiger partial charge on any atom is -0.508 e. The number of aromatic hydroxyl groups is 2. The molecule has 0 aliphatic heterocycles. The van der Waals surface area contributed by atoms with Crippen LogP contribution in [0, 0.1) is 13.8 Å². The summed E-state index contributed by atoms with van der Waals surface area (Å²) in [7, 11) is 0. The maximum Gasteiger partial charge on any atom is 0.249 e. The van der Waals surface area contributed by atoms with E-state index in [9.17, 15) is 24.6 Å². The average Bonchev–Trinajstić information content (AvgIpc) is 3.21. The number of phenols is 2. The van der Waals surface area contributed by atoms with Crippen molar-refractivity contribution in [2.24, 2.45) is 38.7 Å². The number of guanidine groups is 2. The van der Waals surface area contributed by atoms with Crippen LogP contribution >= 0.6 is 0 Å². The normalized spacial score (nSPS) is 13.2. The van der Waals surface area contributed by atoms with Gasteiger partial charge in [0.2, 0.25) is 17.7 Å². The lowest BCUT2D eigenvalue weighted by molar-refractivity contribution is -0.137. The van der Waals surface area contributed by atoms with Gasteiger partial charge in [0, 0.05) is 25.6 Å². The molecule has 0 unspecified atom stereocenters. The number of aryl methyl sites for hydroxylation is 2. The zero-order valence-electron chi connectivity index (χ0n) is 34.9. The Labute approximate surface area is 352 Å². The van der Waals surface area contributed by atoms with Gasteiger partial charge in [-0.25, -0.2) is 0 Å². The summed E-state index contributed by atoms with van der Waals surface area (Å²) in [5.41, 5.74) is 32.2. The van der Waals surface area contributed by atoms with Crippen molar-refractivity contribution in [1.29, 1.82) is 0 Å². The zero-order chi connectivity index (χ0) is 43.8. The maximum atomic E-state index is 14.6. The van der Waals surface area contributed by atoms with Crippen molar-refractivity contribution in [2.45, 2.75) is 96.3 Å². The molecule has 0 aliphatic carbocycles. The summed E-state index contributed by atoms with van der Waals surface area (Å²) in [5.74, 6) is -1.62. The van der Waals surface area contributed by atoms with E-state index in [2.05, 4.69) is 50.6 Å². The predicted octanol–water partition coefficient (Wildman–Crippen LogP) is 3.43. The first-order chi connectivity index (χ1) is 28.6. The molecule has 4 aromatic carbocycles. The first-order valence-electron chi connectivity index (χ1n) is 20.5. The molecule has 15 nitrogen and oxygen atoms in total. The second-order valence-electron chi connectivity index (χ2n) is 15.4. The fourth-order valence-electron chi connectivity index (χ4n) is 7.34. The van der Waals surface area contributed by atoms with Crippen LogP contribution in [0.25, 0.3) is 10.8 Å². The predicted molar refractivity (Wildman–Crippen MR) is 238 cm³/mol. The lowest BCUT2D eigenvalue weighted by atomic mass is 9.97. The summed E-state index contributed by atoms with van der Waals surface area (Å²) in [6.45, 7) is 6.89. The van der Waals surface area contributed by atoms with E-state index in [0.717, 1.165) is 47.6 Å². The number of hydrogen-bond donors (Lipinski definition) is 9. The third kappa shape index (κ3) is 14.3. The molecule has 3 amide bonds. The first kappa shape index (κ1) is 46.5. The number of rotatable bonds is 22. The molecule has 0 saturated carbocycles. The van der Waals surface area contributed by atoms with Gasteiger partial charge in [0.1, 0.15) is 17.5 Å². The number of amides is 3. The number of carbonyl (C=O) groups excluding carboxylic acids is 3. The number of carbonyl (C=O) groups is 3. The van der Waals surface area contributed by atoms with Gasteiger partial charge in [-0.05, 0) is 116 Å². The molecule has 0 bridgehead atoms. The highest BCUT2D eigenvalue weighted by atomic mass is 16.3. The highest BCUT2D eigenvalue weighted by Gasteiger charge is 2.33. The Morgan fingerprint density at radius 1 is 0.700 bits per heavy atom. The smallest absolute Gasteiger partial charge is 0.249 e. The summed E-state index contributed by atoms with van der Waals surface area (Å²) < 4.78 is 0. The Hall–Kier alpha value is -6.19. The van der Waals surface area contributed by atoms with Gasteiger partial charge >= 0.3 is 0 Å². The van der Waals surface area contributed by atoms with E-state index in [1.807, 2.05) is 24.3 Å². The van der Waals surface area contributed by atoms with Crippen LogP contribution in [0.4, 0.5) is 0 Å². The standard InChI is InChI=1S/C45H62N10O5/c1-28-23-32(24-29(2)40(28)57)26-38(53-41(58)37(46)25-31-14-18-36(56)19-15-31)42(59)54-43(60)39(13-10-21-52-45(49)50)55(22-9-5-4-8-20-51-44(47)48)30(3)34-17-16-33-11-6-7-12-35(33)27-34/h6-7,11-12,14-19,23-24,27,30,37-39,56-57H,4-5,8-10,13,20-22,25-26,46H2,1-3H3,(H,53,58)(H4,47,48,51)(H4,49,50,52)(H,54,59,60)/t30-,37+,38+,39+/m1/s1. The summed E-state index contributed by atoms with van der Waals surface area (Å²) >= 11 is 0. The number of hydrogen-bond acceptors (Lipinski definition) is 9. The molecule has 0 radical (unpaired) electrons. The SMILES string of the molecule is Cc1cc(C[C@H](NC(=O)[C@@H](N)Cc2ccc(O)cc2)C(=O)NC(=O)[C@H](CCCN=C(N)N)N(CCCCCCN=C(N)N)[C@H](C)c2ccc3ccccc3c2)cc(C)c1O. The number of aliphatic imine (C=N–C) groups is 2. The van der Waals surface area contributed by atoms with Crippen LogP contribution in [0.3, 0.4) is 0 Å². The topological polar surface area (TPSA) is 274 Å². The van der Waals surface area contributed by atoms with Crippen molar-refractivity contribution < 1.29 is 24.6 Å². The van der Waals surface area contributed by atoms with E-state index < -0.39 is 35.8 Å². The second kappa shape index (κ2) is 22.8. The zero-order valence-corrected chi connectivity index (χ0v) is 34.9. The number of benzene rings is 4. The molecule has 60 heavy (non-hydrogen) atoms. The number of nitrogens with one attached hydrogen (secondary N) is 2. The number of imide groups is 1. The second-order valence-corrected chi connectivity index (χ2v) is 15.4. The van der Waals surface area contributed by atoms with Crippen molar-refractivity contribution in [3.8, 4) is 11.5 Å². The van der Waals surface area contributed by atoms with E-state index in [-0.39, 0.29) is 48.8 Å². The minimum atomic E-state index is -1.20. The van der Waals surface area contributed by atoms with Crippen LogP contribution in [0.2, 0.25) is 0 Å². The highest BCUT2D eigenvalue weighted by Crippen LogP contribution is 2.29. The molecule has 4 rings (SSSR count). The Morgan fingerprint density at radius 2 is 1.32 bits per heavy atom. The van der Waals surface area contributed by atoms with Gasteiger partial charge in [-0.3, -0.25) is 34.6 Å². The van der Waals surface area contributed by atoms with Crippen LogP contribution < -0.4 is 39.3 Å². The molecule has 4 atom stereocenters. The quantitative estimate of drug-likeness (QED) is 0.0315. The van der Waals surface area contributed by atoms with Crippen LogP contribution in [-0.2, 0) is 27.2 Å². The van der Waals surface area contributed by atoms with E-state index in [0.29, 0.717) is 42.6 Å². The average molecular weight is 823 g/mol. The number of nitrogens with zero attached hydrogens (tertiary/aromatic N) is 3. The van der Waals surface area contributed by atoms with Crippen LogP contribution in [0.15, 0.2) is 88.8 Å². The number of phenolic OH excluding ortho intramolecular Hbond substituents is 2. The van der Waals surface area contributed by atoms with Crippen molar-refractivity contribution in [3.05, 3.63) is 107 Å². The van der Waals surface area contributed by atoms with Gasteiger partial charge in [-0.2, -0.15) is 0 Å². The molecule has 0 aliphatic rings. The van der Waals surface area contributed by atoms with Crippen LogP contribution in [-0.4, -0.2) is 82.5 Å². The molecule has 14 N–H and O–H groups in total. The molecular formula is C45H62N10O5. The number of nitrogens with two attached hydrogens (primary N) is 5. The van der Waals surface area contributed by atoms with Crippen LogP contribution in [0.5, 0.6) is 11.5 Å². The van der Waals surface area contributed by atoms with Gasteiger partial charge < -0.3 is 44.2 Å². The fourth-order valence-corrected chi connectivity index (χ4v) is 7.34. The van der Waals surface area contributed by atoms with E-state index in [1.54, 1.807) is 38.1 Å². The molecular weight excluding hydrogens is 761 g/mol.